The summed E-state index contributed by atoms with van der Waals surface area (Å²) in [7, 11) is 4.38. The SMILES string of the molecule is CN=C(NCC(=O)N(C)CC(F)(F)F)N(C)CCOc1ccccc1.I. The van der Waals surface area contributed by atoms with Crippen LogP contribution in [0.2, 0.25) is 0 Å². The quantitative estimate of drug-likeness (QED) is 0.364. The van der Waals surface area contributed by atoms with Crippen molar-refractivity contribution in [1.82, 2.24) is 15.1 Å². The number of carbonyl (C=O) groups is 1. The van der Waals surface area contributed by atoms with Gasteiger partial charge in [-0.15, -0.1) is 24.0 Å². The second-order valence-corrected chi connectivity index (χ2v) is 5.35. The number of aliphatic imine (C=N–C) groups is 1. The molecule has 0 fully saturated rings. The van der Waals surface area contributed by atoms with Crippen LogP contribution in [0.1, 0.15) is 0 Å². The Kier molecular flexibility index (Phi) is 11.0. The van der Waals surface area contributed by atoms with Crippen molar-refractivity contribution in [2.45, 2.75) is 6.18 Å². The minimum absolute atomic E-state index is 0. The lowest BCUT2D eigenvalue weighted by atomic mass is 10.3. The number of likely N-dealkylation sites (N-methyl/N-ethyl adjacent to an activating group) is 2. The van der Waals surface area contributed by atoms with Crippen molar-refractivity contribution in [2.24, 2.45) is 4.99 Å². The van der Waals surface area contributed by atoms with Crippen molar-refractivity contribution in [2.75, 3.05) is 47.4 Å². The van der Waals surface area contributed by atoms with Gasteiger partial charge in [-0.1, -0.05) is 18.2 Å². The third-order valence-corrected chi connectivity index (χ3v) is 3.25. The highest BCUT2D eigenvalue weighted by molar-refractivity contribution is 14.0. The summed E-state index contributed by atoms with van der Waals surface area (Å²) >= 11 is 0. The molecule has 6 nitrogen and oxygen atoms in total. The summed E-state index contributed by atoms with van der Waals surface area (Å²) in [6, 6.07) is 9.28. The number of ether oxygens (including phenoxy) is 1. The highest BCUT2D eigenvalue weighted by Gasteiger charge is 2.31. The maximum absolute atomic E-state index is 12.3. The van der Waals surface area contributed by atoms with Crippen LogP contribution in [-0.2, 0) is 4.79 Å². The fraction of sp³-hybridized carbons (Fsp3) is 0.500. The third kappa shape index (κ3) is 9.68. The number of benzene rings is 1. The zero-order valence-electron chi connectivity index (χ0n) is 14.9. The Balaban J connectivity index is 0.00000625. The average Bonchev–Trinajstić information content (AvgIpc) is 2.54. The molecule has 1 amide bonds. The van der Waals surface area contributed by atoms with Crippen LogP contribution in [0.3, 0.4) is 0 Å². The molecule has 0 aliphatic heterocycles. The number of amides is 1. The summed E-state index contributed by atoms with van der Waals surface area (Å²) in [5.74, 6) is 0.459. The summed E-state index contributed by atoms with van der Waals surface area (Å²) in [6.45, 7) is -0.680. The molecule has 0 aromatic heterocycles. The largest absolute Gasteiger partial charge is 0.492 e. The monoisotopic (exact) mass is 488 g/mol. The molecule has 1 N–H and O–H groups in total. The van der Waals surface area contributed by atoms with Crippen LogP contribution in [0.5, 0.6) is 5.75 Å². The van der Waals surface area contributed by atoms with E-state index in [2.05, 4.69) is 10.3 Å². The van der Waals surface area contributed by atoms with Crippen LogP contribution < -0.4 is 10.1 Å². The predicted molar refractivity (Wildman–Crippen MR) is 105 cm³/mol. The van der Waals surface area contributed by atoms with Crippen molar-refractivity contribution < 1.29 is 22.7 Å². The van der Waals surface area contributed by atoms with E-state index < -0.39 is 18.6 Å². The molecule has 0 aliphatic carbocycles. The van der Waals surface area contributed by atoms with Gasteiger partial charge in [0.15, 0.2) is 5.96 Å². The molecule has 0 bridgehead atoms. The average molecular weight is 488 g/mol. The topological polar surface area (TPSA) is 57.2 Å². The number of guanidine groups is 1. The Morgan fingerprint density at radius 2 is 1.81 bits per heavy atom. The van der Waals surface area contributed by atoms with E-state index in [1.54, 1.807) is 11.9 Å². The maximum Gasteiger partial charge on any atom is 0.406 e. The molecule has 0 heterocycles. The second kappa shape index (κ2) is 11.8. The van der Waals surface area contributed by atoms with E-state index in [0.717, 1.165) is 12.8 Å². The lowest BCUT2D eigenvalue weighted by Gasteiger charge is -2.24. The van der Waals surface area contributed by atoms with E-state index in [-0.39, 0.29) is 30.5 Å². The van der Waals surface area contributed by atoms with Gasteiger partial charge in [0.05, 0.1) is 13.1 Å². The summed E-state index contributed by atoms with van der Waals surface area (Å²) in [4.78, 5) is 18.1. The number of hydrogen-bond donors (Lipinski definition) is 1. The summed E-state index contributed by atoms with van der Waals surface area (Å²) in [5, 5.41) is 2.75. The molecule has 26 heavy (non-hydrogen) atoms. The number of alkyl halides is 3. The summed E-state index contributed by atoms with van der Waals surface area (Å²) in [5.41, 5.74) is 0. The number of halogens is 4. The highest BCUT2D eigenvalue weighted by Crippen LogP contribution is 2.15. The van der Waals surface area contributed by atoms with Gasteiger partial charge in [-0.05, 0) is 12.1 Å². The first-order valence-corrected chi connectivity index (χ1v) is 7.63. The van der Waals surface area contributed by atoms with Gasteiger partial charge in [-0.25, -0.2) is 0 Å². The number of hydrogen-bond acceptors (Lipinski definition) is 3. The fourth-order valence-corrected chi connectivity index (χ4v) is 1.95. The van der Waals surface area contributed by atoms with Crippen molar-refractivity contribution in [3.8, 4) is 5.75 Å². The molecule has 0 atom stereocenters. The van der Waals surface area contributed by atoms with Gasteiger partial charge >= 0.3 is 6.18 Å². The number of carbonyl (C=O) groups excluding carboxylic acids is 1. The van der Waals surface area contributed by atoms with Crippen LogP contribution in [0.15, 0.2) is 35.3 Å². The van der Waals surface area contributed by atoms with E-state index in [1.165, 1.54) is 7.05 Å². The molecule has 1 aromatic carbocycles. The minimum Gasteiger partial charge on any atom is -0.492 e. The third-order valence-electron chi connectivity index (χ3n) is 3.25. The van der Waals surface area contributed by atoms with E-state index in [4.69, 9.17) is 4.74 Å². The number of nitrogens with zero attached hydrogens (tertiary/aromatic N) is 3. The maximum atomic E-state index is 12.3. The smallest absolute Gasteiger partial charge is 0.406 e. The normalized spacial score (nSPS) is 11.4. The van der Waals surface area contributed by atoms with Crippen LogP contribution in [0, 0.1) is 0 Å². The van der Waals surface area contributed by atoms with Crippen molar-refractivity contribution in [3.63, 3.8) is 0 Å². The standard InChI is InChI=1S/C16H23F3N4O2.HI/c1-20-15(21-11-14(24)23(3)12-16(17,18)19)22(2)9-10-25-13-7-5-4-6-8-13;/h4-8H,9-12H2,1-3H3,(H,20,21);1H. The molecule has 1 aromatic rings. The first-order chi connectivity index (χ1) is 11.7. The molecule has 0 spiro atoms. The molecule has 1 rings (SSSR count). The summed E-state index contributed by atoms with van der Waals surface area (Å²) < 4.78 is 42.4. The van der Waals surface area contributed by atoms with Crippen LogP contribution in [0.4, 0.5) is 13.2 Å². The van der Waals surface area contributed by atoms with Crippen LogP contribution in [0.25, 0.3) is 0 Å². The van der Waals surface area contributed by atoms with E-state index in [1.807, 2.05) is 30.3 Å². The Bertz CT molecular complexity index is 570. The second-order valence-electron chi connectivity index (χ2n) is 5.35. The molecule has 0 unspecified atom stereocenters. The molecular formula is C16H24F3IN4O2. The number of rotatable bonds is 7. The minimum atomic E-state index is -4.42. The highest BCUT2D eigenvalue weighted by atomic mass is 127. The Labute approximate surface area is 168 Å². The molecule has 148 valence electrons. The van der Waals surface area contributed by atoms with E-state index in [0.29, 0.717) is 24.0 Å². The first kappa shape index (κ1) is 24.3. The van der Waals surface area contributed by atoms with Gasteiger partial charge in [-0.3, -0.25) is 9.79 Å². The van der Waals surface area contributed by atoms with Gasteiger partial charge < -0.3 is 19.9 Å². The fourth-order valence-electron chi connectivity index (χ4n) is 1.95. The van der Waals surface area contributed by atoms with Gasteiger partial charge in [-0.2, -0.15) is 13.2 Å². The van der Waals surface area contributed by atoms with Crippen molar-refractivity contribution in [1.29, 1.82) is 0 Å². The molecule has 0 saturated heterocycles. The van der Waals surface area contributed by atoms with Gasteiger partial charge in [0.25, 0.3) is 0 Å². The number of nitrogens with one attached hydrogen (secondary N) is 1. The molecule has 0 radical (unpaired) electrons. The zero-order valence-corrected chi connectivity index (χ0v) is 17.2. The Morgan fingerprint density at radius 1 is 1.19 bits per heavy atom. The first-order valence-electron chi connectivity index (χ1n) is 7.63. The molecule has 0 saturated carbocycles. The number of para-hydroxylation sites is 1. The van der Waals surface area contributed by atoms with Crippen LogP contribution in [-0.4, -0.2) is 75.2 Å². The van der Waals surface area contributed by atoms with E-state index >= 15 is 0 Å². The Hall–Kier alpha value is -1.72. The van der Waals surface area contributed by atoms with Crippen LogP contribution >= 0.6 is 24.0 Å². The van der Waals surface area contributed by atoms with E-state index in [9.17, 15) is 18.0 Å². The van der Waals surface area contributed by atoms with Gasteiger partial charge in [0.2, 0.25) is 5.91 Å². The van der Waals surface area contributed by atoms with Crippen molar-refractivity contribution in [3.05, 3.63) is 30.3 Å². The predicted octanol–water partition coefficient (Wildman–Crippen LogP) is 2.21. The molecular weight excluding hydrogens is 464 g/mol. The van der Waals surface area contributed by atoms with Gasteiger partial charge in [0, 0.05) is 21.1 Å². The van der Waals surface area contributed by atoms with Gasteiger partial charge in [0.1, 0.15) is 18.9 Å². The Morgan fingerprint density at radius 3 is 2.35 bits per heavy atom. The van der Waals surface area contributed by atoms with Crippen molar-refractivity contribution >= 4 is 35.8 Å². The summed E-state index contributed by atoms with van der Waals surface area (Å²) in [6.07, 6.45) is -4.42. The lowest BCUT2D eigenvalue weighted by Crippen LogP contribution is -2.46. The molecule has 0 aliphatic rings. The molecule has 10 heteroatoms. The lowest BCUT2D eigenvalue weighted by molar-refractivity contribution is -0.157. The zero-order chi connectivity index (χ0) is 18.9.